The van der Waals surface area contributed by atoms with E-state index in [0.29, 0.717) is 12.8 Å². The van der Waals surface area contributed by atoms with Crippen molar-refractivity contribution in [3.05, 3.63) is 0 Å². The number of hydrogen-bond donors (Lipinski definition) is 4. The number of carbonyl (C=O) groups is 3. The molecular formula is C12H21N3O4. The van der Waals surface area contributed by atoms with Crippen LogP contribution in [0, 0.1) is 5.41 Å². The van der Waals surface area contributed by atoms with Gasteiger partial charge in [0.15, 0.2) is 0 Å². The van der Waals surface area contributed by atoms with Gasteiger partial charge in [-0.1, -0.05) is 12.8 Å². The van der Waals surface area contributed by atoms with Gasteiger partial charge in [0.2, 0.25) is 5.91 Å². The van der Waals surface area contributed by atoms with Crippen molar-refractivity contribution in [1.82, 2.24) is 10.6 Å². The Bertz CT molecular complexity index is 386. The molecule has 3 amide bonds. The Morgan fingerprint density at radius 3 is 2.21 bits per heavy atom. The Morgan fingerprint density at radius 2 is 1.79 bits per heavy atom. The Kier molecular flexibility index (Phi) is 4.39. The van der Waals surface area contributed by atoms with Crippen molar-refractivity contribution in [2.75, 3.05) is 6.54 Å². The Hall–Kier alpha value is -1.79. The van der Waals surface area contributed by atoms with Crippen LogP contribution in [0.5, 0.6) is 0 Å². The molecule has 1 fully saturated rings. The van der Waals surface area contributed by atoms with Crippen molar-refractivity contribution in [1.29, 1.82) is 0 Å². The van der Waals surface area contributed by atoms with E-state index < -0.39 is 28.9 Å². The van der Waals surface area contributed by atoms with Gasteiger partial charge in [0.05, 0.1) is 5.41 Å². The molecule has 1 rings (SSSR count). The first-order chi connectivity index (χ1) is 8.69. The van der Waals surface area contributed by atoms with E-state index in [-0.39, 0.29) is 6.54 Å². The van der Waals surface area contributed by atoms with Crippen LogP contribution in [0.2, 0.25) is 0 Å². The zero-order valence-corrected chi connectivity index (χ0v) is 11.3. The van der Waals surface area contributed by atoms with Crippen LogP contribution in [0.3, 0.4) is 0 Å². The molecule has 0 aliphatic heterocycles. The summed E-state index contributed by atoms with van der Waals surface area (Å²) in [5.74, 6) is -1.55. The SMILES string of the molecule is CC(C)(CNC(=O)NC1(C(=O)O)CCCC1)C(N)=O. The van der Waals surface area contributed by atoms with Gasteiger partial charge in [-0.2, -0.15) is 0 Å². The number of amides is 3. The third-order valence-corrected chi connectivity index (χ3v) is 3.58. The van der Waals surface area contributed by atoms with Gasteiger partial charge in [0.25, 0.3) is 0 Å². The number of carboxylic acid groups (broad SMARTS) is 1. The highest BCUT2D eigenvalue weighted by Gasteiger charge is 2.42. The average molecular weight is 271 g/mol. The maximum atomic E-state index is 11.7. The molecule has 0 radical (unpaired) electrons. The molecule has 1 saturated carbocycles. The van der Waals surface area contributed by atoms with E-state index in [9.17, 15) is 19.5 Å². The van der Waals surface area contributed by atoms with Crippen LogP contribution in [0.4, 0.5) is 4.79 Å². The number of aliphatic carboxylic acids is 1. The highest BCUT2D eigenvalue weighted by Crippen LogP contribution is 2.29. The summed E-state index contributed by atoms with van der Waals surface area (Å²) in [6.45, 7) is 3.28. The van der Waals surface area contributed by atoms with Crippen molar-refractivity contribution < 1.29 is 19.5 Å². The first-order valence-electron chi connectivity index (χ1n) is 6.29. The van der Waals surface area contributed by atoms with Crippen molar-refractivity contribution in [3.63, 3.8) is 0 Å². The molecule has 0 bridgehead atoms. The summed E-state index contributed by atoms with van der Waals surface area (Å²) in [4.78, 5) is 34.1. The van der Waals surface area contributed by atoms with E-state index >= 15 is 0 Å². The summed E-state index contributed by atoms with van der Waals surface area (Å²) >= 11 is 0. The molecule has 0 atom stereocenters. The van der Waals surface area contributed by atoms with Crippen LogP contribution in [0.25, 0.3) is 0 Å². The molecule has 108 valence electrons. The van der Waals surface area contributed by atoms with Gasteiger partial charge < -0.3 is 21.5 Å². The number of carboxylic acids is 1. The topological polar surface area (TPSA) is 122 Å². The monoisotopic (exact) mass is 271 g/mol. The standard InChI is InChI=1S/C12H21N3O4/c1-11(2,8(13)16)7-14-10(19)15-12(9(17)18)5-3-4-6-12/h3-7H2,1-2H3,(H2,13,16)(H,17,18)(H2,14,15,19). The Morgan fingerprint density at radius 1 is 1.26 bits per heavy atom. The largest absolute Gasteiger partial charge is 0.480 e. The lowest BCUT2D eigenvalue weighted by Gasteiger charge is -2.27. The summed E-state index contributed by atoms with van der Waals surface area (Å²) in [5.41, 5.74) is 3.14. The fourth-order valence-electron chi connectivity index (χ4n) is 2.02. The zero-order chi connectivity index (χ0) is 14.7. The van der Waals surface area contributed by atoms with E-state index in [2.05, 4.69) is 10.6 Å². The smallest absolute Gasteiger partial charge is 0.329 e. The normalized spacial score (nSPS) is 17.8. The number of rotatable bonds is 5. The number of carbonyl (C=O) groups excluding carboxylic acids is 2. The lowest BCUT2D eigenvalue weighted by atomic mass is 9.93. The zero-order valence-electron chi connectivity index (χ0n) is 11.3. The van der Waals surface area contributed by atoms with Crippen LogP contribution in [-0.4, -0.2) is 35.1 Å². The van der Waals surface area contributed by atoms with Crippen LogP contribution >= 0.6 is 0 Å². The minimum Gasteiger partial charge on any atom is -0.480 e. The molecule has 0 unspecified atom stereocenters. The van der Waals surface area contributed by atoms with Crippen LogP contribution in [0.15, 0.2) is 0 Å². The molecular weight excluding hydrogens is 250 g/mol. The minimum atomic E-state index is -1.18. The van der Waals surface area contributed by atoms with Crippen LogP contribution in [0.1, 0.15) is 39.5 Å². The third kappa shape index (κ3) is 3.59. The van der Waals surface area contributed by atoms with E-state index in [4.69, 9.17) is 5.73 Å². The molecule has 0 aromatic heterocycles. The second-order valence-corrected chi connectivity index (χ2v) is 5.65. The quantitative estimate of drug-likeness (QED) is 0.570. The maximum absolute atomic E-state index is 11.7. The number of hydrogen-bond acceptors (Lipinski definition) is 3. The number of nitrogens with one attached hydrogen (secondary N) is 2. The Labute approximate surface area is 111 Å². The number of primary amides is 1. The van der Waals surface area contributed by atoms with Gasteiger partial charge in [-0.25, -0.2) is 9.59 Å². The highest BCUT2D eigenvalue weighted by molar-refractivity contribution is 5.87. The number of nitrogens with two attached hydrogens (primary N) is 1. The molecule has 7 heteroatoms. The van der Waals surface area contributed by atoms with Gasteiger partial charge in [-0.15, -0.1) is 0 Å². The van der Waals surface area contributed by atoms with E-state index in [1.54, 1.807) is 13.8 Å². The van der Waals surface area contributed by atoms with Crippen molar-refractivity contribution in [2.24, 2.45) is 11.1 Å². The van der Waals surface area contributed by atoms with Gasteiger partial charge in [0, 0.05) is 6.54 Å². The van der Waals surface area contributed by atoms with Gasteiger partial charge in [0.1, 0.15) is 5.54 Å². The molecule has 0 spiro atoms. The molecule has 0 aromatic carbocycles. The summed E-state index contributed by atoms with van der Waals surface area (Å²) in [5, 5.41) is 14.2. The van der Waals surface area contributed by atoms with Gasteiger partial charge in [-0.3, -0.25) is 4.79 Å². The van der Waals surface area contributed by atoms with Gasteiger partial charge in [-0.05, 0) is 26.7 Å². The van der Waals surface area contributed by atoms with Gasteiger partial charge >= 0.3 is 12.0 Å². The molecule has 19 heavy (non-hydrogen) atoms. The molecule has 7 nitrogen and oxygen atoms in total. The van der Waals surface area contributed by atoms with E-state index in [0.717, 1.165) is 12.8 Å². The predicted octanol–water partition coefficient (Wildman–Crippen LogP) is 0.195. The number of urea groups is 1. The van der Waals surface area contributed by atoms with Crippen LogP contribution in [-0.2, 0) is 9.59 Å². The third-order valence-electron chi connectivity index (χ3n) is 3.58. The predicted molar refractivity (Wildman–Crippen MR) is 68.3 cm³/mol. The second-order valence-electron chi connectivity index (χ2n) is 5.65. The molecule has 0 aromatic rings. The van der Waals surface area contributed by atoms with E-state index in [1.165, 1.54) is 0 Å². The van der Waals surface area contributed by atoms with Crippen LogP contribution < -0.4 is 16.4 Å². The fourth-order valence-corrected chi connectivity index (χ4v) is 2.02. The van der Waals surface area contributed by atoms with Crippen molar-refractivity contribution in [3.8, 4) is 0 Å². The fraction of sp³-hybridized carbons (Fsp3) is 0.750. The minimum absolute atomic E-state index is 0.0594. The average Bonchev–Trinajstić information content (AvgIpc) is 2.76. The van der Waals surface area contributed by atoms with E-state index in [1.807, 2.05) is 0 Å². The van der Waals surface area contributed by atoms with Crippen molar-refractivity contribution >= 4 is 17.9 Å². The molecule has 0 saturated heterocycles. The lowest BCUT2D eigenvalue weighted by molar-refractivity contribution is -0.144. The highest BCUT2D eigenvalue weighted by atomic mass is 16.4. The molecule has 0 heterocycles. The van der Waals surface area contributed by atoms with Crippen molar-refractivity contribution in [2.45, 2.75) is 45.1 Å². The lowest BCUT2D eigenvalue weighted by Crippen LogP contribution is -2.56. The second kappa shape index (κ2) is 5.46. The molecule has 1 aliphatic carbocycles. The summed E-state index contributed by atoms with van der Waals surface area (Å²) in [6.07, 6.45) is 2.41. The summed E-state index contributed by atoms with van der Waals surface area (Å²) in [6, 6.07) is -0.585. The summed E-state index contributed by atoms with van der Waals surface area (Å²) < 4.78 is 0. The molecule has 1 aliphatic rings. The first kappa shape index (κ1) is 15.3. The Balaban J connectivity index is 2.55. The molecule has 5 N–H and O–H groups in total. The maximum Gasteiger partial charge on any atom is 0.329 e. The summed E-state index contributed by atoms with van der Waals surface area (Å²) in [7, 11) is 0. The first-order valence-corrected chi connectivity index (χ1v) is 6.29.